The van der Waals surface area contributed by atoms with Gasteiger partial charge in [0.1, 0.15) is 5.76 Å². The number of ether oxygens (including phenoxy) is 1. The Labute approximate surface area is 168 Å². The molecular formula is C18H33IN4O2. The van der Waals surface area contributed by atoms with Gasteiger partial charge in [-0.15, -0.1) is 24.0 Å². The van der Waals surface area contributed by atoms with Crippen LogP contribution in [0.1, 0.15) is 26.0 Å². The Hall–Kier alpha value is -0.800. The van der Waals surface area contributed by atoms with E-state index in [1.807, 2.05) is 19.2 Å². The summed E-state index contributed by atoms with van der Waals surface area (Å²) >= 11 is 0. The summed E-state index contributed by atoms with van der Waals surface area (Å²) in [5.74, 6) is 2.51. The number of halogens is 1. The molecule has 0 radical (unpaired) electrons. The van der Waals surface area contributed by atoms with Gasteiger partial charge in [-0.25, -0.2) is 0 Å². The molecule has 0 aromatic carbocycles. The van der Waals surface area contributed by atoms with E-state index in [1.165, 1.54) is 6.42 Å². The van der Waals surface area contributed by atoms with Crippen LogP contribution in [-0.4, -0.2) is 63.3 Å². The van der Waals surface area contributed by atoms with Crippen molar-refractivity contribution < 1.29 is 9.15 Å². The molecule has 0 aliphatic carbocycles. The van der Waals surface area contributed by atoms with Crippen LogP contribution < -0.4 is 10.6 Å². The highest BCUT2D eigenvalue weighted by molar-refractivity contribution is 14.0. The zero-order valence-electron chi connectivity index (χ0n) is 15.7. The van der Waals surface area contributed by atoms with Crippen molar-refractivity contribution in [2.24, 2.45) is 10.9 Å². The molecule has 7 heteroatoms. The first kappa shape index (κ1) is 22.2. The highest BCUT2D eigenvalue weighted by Gasteiger charge is 2.22. The van der Waals surface area contributed by atoms with Crippen molar-refractivity contribution in [2.45, 2.75) is 32.7 Å². The van der Waals surface area contributed by atoms with E-state index in [0.717, 1.165) is 57.5 Å². The maximum atomic E-state index is 5.48. The highest BCUT2D eigenvalue weighted by atomic mass is 127. The molecule has 1 aromatic rings. The third kappa shape index (κ3) is 8.42. The predicted octanol–water partition coefficient (Wildman–Crippen LogP) is 2.35. The van der Waals surface area contributed by atoms with E-state index < -0.39 is 0 Å². The molecule has 1 aliphatic heterocycles. The molecule has 1 unspecified atom stereocenters. The molecular weight excluding hydrogens is 431 g/mol. The van der Waals surface area contributed by atoms with Crippen molar-refractivity contribution >= 4 is 29.9 Å². The Balaban J connectivity index is 0.00000312. The second kappa shape index (κ2) is 12.5. The minimum atomic E-state index is 0. The van der Waals surface area contributed by atoms with Gasteiger partial charge in [-0.3, -0.25) is 9.89 Å². The number of nitrogens with zero attached hydrogens (tertiary/aromatic N) is 2. The summed E-state index contributed by atoms with van der Waals surface area (Å²) in [7, 11) is 1.81. The minimum absolute atomic E-state index is 0. The Morgan fingerprint density at radius 3 is 2.64 bits per heavy atom. The van der Waals surface area contributed by atoms with E-state index in [4.69, 9.17) is 9.15 Å². The number of morpholine rings is 1. The molecule has 2 heterocycles. The number of hydrogen-bond donors (Lipinski definition) is 2. The topological polar surface area (TPSA) is 62.0 Å². The standard InChI is InChI=1S/C18H32N4O2.HI/c1-15(2)13-16(22-8-11-23-12-9-22)14-21-18(19-3)20-7-6-17-5-4-10-24-17;/h4-5,10,15-16H,6-9,11-14H2,1-3H3,(H2,19,20,21);1H. The number of nitrogens with one attached hydrogen (secondary N) is 2. The lowest BCUT2D eigenvalue weighted by atomic mass is 10.0. The van der Waals surface area contributed by atoms with Gasteiger partial charge in [0.05, 0.1) is 19.5 Å². The van der Waals surface area contributed by atoms with Crippen LogP contribution in [0.5, 0.6) is 0 Å². The minimum Gasteiger partial charge on any atom is -0.469 e. The molecule has 2 N–H and O–H groups in total. The summed E-state index contributed by atoms with van der Waals surface area (Å²) in [6, 6.07) is 4.42. The van der Waals surface area contributed by atoms with Crippen LogP contribution in [0, 0.1) is 5.92 Å². The van der Waals surface area contributed by atoms with Gasteiger partial charge in [0.25, 0.3) is 0 Å². The van der Waals surface area contributed by atoms with Gasteiger partial charge in [0.2, 0.25) is 0 Å². The van der Waals surface area contributed by atoms with Gasteiger partial charge in [-0.05, 0) is 24.5 Å². The molecule has 25 heavy (non-hydrogen) atoms. The fourth-order valence-electron chi connectivity index (χ4n) is 3.04. The van der Waals surface area contributed by atoms with E-state index in [9.17, 15) is 0 Å². The van der Waals surface area contributed by atoms with Crippen LogP contribution in [0.4, 0.5) is 0 Å². The third-order valence-corrected chi connectivity index (χ3v) is 4.28. The van der Waals surface area contributed by atoms with E-state index in [2.05, 4.69) is 34.4 Å². The number of aliphatic imine (C=N–C) groups is 1. The van der Waals surface area contributed by atoms with Crippen LogP contribution in [0.15, 0.2) is 27.8 Å². The predicted molar refractivity (Wildman–Crippen MR) is 113 cm³/mol. The SMILES string of the molecule is CN=C(NCCc1ccco1)NCC(CC(C)C)N1CCOCC1.I. The maximum Gasteiger partial charge on any atom is 0.191 e. The molecule has 2 rings (SSSR count). The van der Waals surface area contributed by atoms with E-state index in [1.54, 1.807) is 6.26 Å². The average Bonchev–Trinajstić information content (AvgIpc) is 3.10. The summed E-state index contributed by atoms with van der Waals surface area (Å²) in [4.78, 5) is 6.86. The van der Waals surface area contributed by atoms with Crippen LogP contribution in [0.2, 0.25) is 0 Å². The molecule has 144 valence electrons. The first-order chi connectivity index (χ1) is 11.7. The summed E-state index contributed by atoms with van der Waals surface area (Å²) in [5.41, 5.74) is 0. The lowest BCUT2D eigenvalue weighted by Gasteiger charge is -2.35. The van der Waals surface area contributed by atoms with Crippen molar-refractivity contribution in [3.63, 3.8) is 0 Å². The van der Waals surface area contributed by atoms with Crippen molar-refractivity contribution in [3.8, 4) is 0 Å². The first-order valence-corrected chi connectivity index (χ1v) is 8.97. The number of hydrogen-bond acceptors (Lipinski definition) is 4. The monoisotopic (exact) mass is 464 g/mol. The maximum absolute atomic E-state index is 5.48. The van der Waals surface area contributed by atoms with Gasteiger partial charge < -0.3 is 19.8 Å². The molecule has 0 bridgehead atoms. The molecule has 1 aliphatic rings. The molecule has 6 nitrogen and oxygen atoms in total. The van der Waals surface area contributed by atoms with Crippen LogP contribution in [-0.2, 0) is 11.2 Å². The zero-order valence-corrected chi connectivity index (χ0v) is 18.0. The molecule has 1 saturated heterocycles. The smallest absolute Gasteiger partial charge is 0.191 e. The van der Waals surface area contributed by atoms with Crippen molar-refractivity contribution in [3.05, 3.63) is 24.2 Å². The van der Waals surface area contributed by atoms with E-state index >= 15 is 0 Å². The third-order valence-electron chi connectivity index (χ3n) is 4.28. The fraction of sp³-hybridized carbons (Fsp3) is 0.722. The fourth-order valence-corrected chi connectivity index (χ4v) is 3.04. The summed E-state index contributed by atoms with van der Waals surface area (Å²) < 4.78 is 10.8. The van der Waals surface area contributed by atoms with E-state index in [-0.39, 0.29) is 24.0 Å². The van der Waals surface area contributed by atoms with Crippen molar-refractivity contribution in [2.75, 3.05) is 46.4 Å². The van der Waals surface area contributed by atoms with Gasteiger partial charge in [0.15, 0.2) is 5.96 Å². The van der Waals surface area contributed by atoms with Crippen LogP contribution >= 0.6 is 24.0 Å². The van der Waals surface area contributed by atoms with Gasteiger partial charge >= 0.3 is 0 Å². The zero-order chi connectivity index (χ0) is 17.2. The second-order valence-corrected chi connectivity index (χ2v) is 6.64. The lowest BCUT2D eigenvalue weighted by Crippen LogP contribution is -2.51. The quantitative estimate of drug-likeness (QED) is 0.352. The Bertz CT molecular complexity index is 473. The summed E-state index contributed by atoms with van der Waals surface area (Å²) in [6.45, 7) is 9.98. The van der Waals surface area contributed by atoms with E-state index in [0.29, 0.717) is 12.0 Å². The van der Waals surface area contributed by atoms with Gasteiger partial charge in [-0.2, -0.15) is 0 Å². The van der Waals surface area contributed by atoms with Crippen molar-refractivity contribution in [1.29, 1.82) is 0 Å². The molecule has 0 saturated carbocycles. The number of guanidine groups is 1. The van der Waals surface area contributed by atoms with Crippen molar-refractivity contribution in [1.82, 2.24) is 15.5 Å². The molecule has 0 spiro atoms. The first-order valence-electron chi connectivity index (χ1n) is 8.97. The molecule has 1 fully saturated rings. The Morgan fingerprint density at radius 1 is 1.28 bits per heavy atom. The van der Waals surface area contributed by atoms with Gasteiger partial charge in [-0.1, -0.05) is 13.8 Å². The highest BCUT2D eigenvalue weighted by Crippen LogP contribution is 2.13. The summed E-state index contributed by atoms with van der Waals surface area (Å²) in [6.07, 6.45) is 3.74. The molecule has 1 aromatic heterocycles. The van der Waals surface area contributed by atoms with Crippen LogP contribution in [0.3, 0.4) is 0 Å². The average molecular weight is 464 g/mol. The van der Waals surface area contributed by atoms with Crippen LogP contribution in [0.25, 0.3) is 0 Å². The largest absolute Gasteiger partial charge is 0.469 e. The van der Waals surface area contributed by atoms with Gasteiger partial charge in [0, 0.05) is 45.7 Å². The number of rotatable bonds is 8. The lowest BCUT2D eigenvalue weighted by molar-refractivity contribution is 0.0132. The molecule has 1 atom stereocenters. The number of furan rings is 1. The summed E-state index contributed by atoms with van der Waals surface area (Å²) in [5, 5.41) is 6.83. The second-order valence-electron chi connectivity index (χ2n) is 6.64. The Morgan fingerprint density at radius 2 is 2.04 bits per heavy atom. The Kier molecular flexibility index (Phi) is 11.2. The normalized spacial score (nSPS) is 17.2. The molecule has 0 amide bonds.